The molecule has 0 bridgehead atoms. The molecule has 0 saturated carbocycles. The van der Waals surface area contributed by atoms with Crippen LogP contribution in [0.2, 0.25) is 0 Å². The number of aliphatic imine (C=N–C) groups is 1. The van der Waals surface area contributed by atoms with Crippen LogP contribution in [0.3, 0.4) is 0 Å². The smallest absolute Gasteiger partial charge is 0.125 e. The number of nitrogens with two attached hydrogens (primary N) is 1. The molecule has 1 heterocycles. The van der Waals surface area contributed by atoms with Gasteiger partial charge in [0.2, 0.25) is 0 Å². The Bertz CT molecular complexity index is 220. The topological polar surface area (TPSA) is 55.5 Å². The number of amidine groups is 1. The molecule has 0 aliphatic carbocycles. The fourth-order valence-electron chi connectivity index (χ4n) is 1.30. The van der Waals surface area contributed by atoms with E-state index in [2.05, 4.69) is 4.99 Å². The van der Waals surface area contributed by atoms with E-state index in [0.29, 0.717) is 5.84 Å². The average Bonchev–Trinajstić information content (AvgIpc) is 2.39. The molecule has 2 N–H and O–H groups in total. The Morgan fingerprint density at radius 1 is 1.73 bits per heavy atom. The van der Waals surface area contributed by atoms with E-state index in [0.717, 1.165) is 12.7 Å². The number of aldehydes is 1. The van der Waals surface area contributed by atoms with Gasteiger partial charge in [0.15, 0.2) is 0 Å². The SMILES string of the molecule is CC(C)(C=O)CC1(C)N=C1N. The first-order valence-corrected chi connectivity index (χ1v) is 3.72. The van der Waals surface area contributed by atoms with Crippen molar-refractivity contribution >= 4 is 12.1 Å². The van der Waals surface area contributed by atoms with Crippen LogP contribution in [0.4, 0.5) is 0 Å². The van der Waals surface area contributed by atoms with E-state index in [1.54, 1.807) is 0 Å². The lowest BCUT2D eigenvalue weighted by Gasteiger charge is -2.19. The molecule has 0 aromatic rings. The van der Waals surface area contributed by atoms with Crippen LogP contribution < -0.4 is 5.73 Å². The third-order valence-electron chi connectivity index (χ3n) is 1.99. The summed E-state index contributed by atoms with van der Waals surface area (Å²) in [5.41, 5.74) is 4.97. The molecular weight excluding hydrogens is 140 g/mol. The molecule has 0 spiro atoms. The second kappa shape index (κ2) is 2.06. The Morgan fingerprint density at radius 3 is 2.45 bits per heavy atom. The summed E-state index contributed by atoms with van der Waals surface area (Å²) in [6.45, 7) is 5.74. The summed E-state index contributed by atoms with van der Waals surface area (Å²) < 4.78 is 0. The van der Waals surface area contributed by atoms with E-state index < -0.39 is 0 Å². The summed E-state index contributed by atoms with van der Waals surface area (Å²) in [6.07, 6.45) is 1.68. The third-order valence-corrected chi connectivity index (χ3v) is 1.99. The maximum Gasteiger partial charge on any atom is 0.125 e. The van der Waals surface area contributed by atoms with Crippen molar-refractivity contribution in [2.24, 2.45) is 16.1 Å². The van der Waals surface area contributed by atoms with Crippen LogP contribution in [0.5, 0.6) is 0 Å². The zero-order chi connectivity index (χ0) is 8.70. The van der Waals surface area contributed by atoms with Crippen molar-refractivity contribution in [3.63, 3.8) is 0 Å². The van der Waals surface area contributed by atoms with E-state index >= 15 is 0 Å². The van der Waals surface area contributed by atoms with E-state index in [4.69, 9.17) is 5.73 Å². The van der Waals surface area contributed by atoms with Crippen LogP contribution in [0.1, 0.15) is 27.2 Å². The predicted octanol–water partition coefficient (Wildman–Crippen LogP) is 0.731. The lowest BCUT2D eigenvalue weighted by Crippen LogP contribution is -2.28. The van der Waals surface area contributed by atoms with Gasteiger partial charge in [0, 0.05) is 5.41 Å². The Hall–Kier alpha value is -0.860. The van der Waals surface area contributed by atoms with Crippen LogP contribution in [0.25, 0.3) is 0 Å². The molecule has 0 aromatic carbocycles. The van der Waals surface area contributed by atoms with Gasteiger partial charge in [0.25, 0.3) is 0 Å². The van der Waals surface area contributed by atoms with Crippen molar-refractivity contribution < 1.29 is 4.79 Å². The van der Waals surface area contributed by atoms with Gasteiger partial charge in [-0.1, -0.05) is 13.8 Å². The highest BCUT2D eigenvalue weighted by molar-refractivity contribution is 6.02. The van der Waals surface area contributed by atoms with Gasteiger partial charge >= 0.3 is 0 Å². The summed E-state index contributed by atoms with van der Waals surface area (Å²) in [4.78, 5) is 14.6. The van der Waals surface area contributed by atoms with Gasteiger partial charge < -0.3 is 10.5 Å². The summed E-state index contributed by atoms with van der Waals surface area (Å²) in [7, 11) is 0. The molecule has 0 fully saturated rings. The van der Waals surface area contributed by atoms with E-state index in [9.17, 15) is 4.79 Å². The molecule has 0 amide bonds. The van der Waals surface area contributed by atoms with Crippen molar-refractivity contribution in [1.82, 2.24) is 0 Å². The van der Waals surface area contributed by atoms with Gasteiger partial charge in [-0.25, -0.2) is 0 Å². The molecule has 0 radical (unpaired) electrons. The summed E-state index contributed by atoms with van der Waals surface area (Å²) >= 11 is 0. The van der Waals surface area contributed by atoms with Gasteiger partial charge in [0.1, 0.15) is 17.7 Å². The van der Waals surface area contributed by atoms with E-state index in [-0.39, 0.29) is 11.0 Å². The van der Waals surface area contributed by atoms with Crippen LogP contribution in [-0.2, 0) is 4.79 Å². The van der Waals surface area contributed by atoms with Crippen molar-refractivity contribution in [3.8, 4) is 0 Å². The van der Waals surface area contributed by atoms with Gasteiger partial charge in [-0.05, 0) is 13.3 Å². The molecule has 1 aliphatic rings. The second-order valence-electron chi connectivity index (χ2n) is 4.05. The van der Waals surface area contributed by atoms with Crippen molar-refractivity contribution in [1.29, 1.82) is 0 Å². The molecule has 1 rings (SSSR count). The first kappa shape index (κ1) is 8.24. The van der Waals surface area contributed by atoms with Crippen LogP contribution in [-0.4, -0.2) is 17.7 Å². The molecule has 1 aliphatic heterocycles. The minimum absolute atomic E-state index is 0.218. The molecule has 3 heteroatoms. The maximum absolute atomic E-state index is 10.5. The number of carbonyl (C=O) groups excluding carboxylic acids is 1. The molecule has 11 heavy (non-hydrogen) atoms. The van der Waals surface area contributed by atoms with Gasteiger partial charge in [-0.3, -0.25) is 4.99 Å². The minimum Gasteiger partial charge on any atom is -0.385 e. The van der Waals surface area contributed by atoms with Crippen molar-refractivity contribution in [3.05, 3.63) is 0 Å². The highest BCUT2D eigenvalue weighted by atomic mass is 16.1. The summed E-state index contributed by atoms with van der Waals surface area (Å²) in [5.74, 6) is 0.674. The Labute approximate surface area is 66.7 Å². The van der Waals surface area contributed by atoms with Gasteiger partial charge in [-0.15, -0.1) is 0 Å². The Morgan fingerprint density at radius 2 is 2.18 bits per heavy atom. The Kier molecular flexibility index (Phi) is 1.54. The Balaban J connectivity index is 2.50. The molecule has 62 valence electrons. The molecule has 3 nitrogen and oxygen atoms in total. The minimum atomic E-state index is -0.306. The van der Waals surface area contributed by atoms with Crippen LogP contribution in [0, 0.1) is 5.41 Å². The fraction of sp³-hybridized carbons (Fsp3) is 0.750. The van der Waals surface area contributed by atoms with Crippen LogP contribution in [0.15, 0.2) is 4.99 Å². The zero-order valence-electron chi connectivity index (χ0n) is 7.22. The van der Waals surface area contributed by atoms with Crippen molar-refractivity contribution in [2.75, 3.05) is 0 Å². The fourth-order valence-corrected chi connectivity index (χ4v) is 1.30. The number of hydrogen-bond acceptors (Lipinski definition) is 3. The molecule has 1 unspecified atom stereocenters. The number of nitrogens with zero attached hydrogens (tertiary/aromatic N) is 1. The van der Waals surface area contributed by atoms with E-state index in [1.807, 2.05) is 20.8 Å². The monoisotopic (exact) mass is 154 g/mol. The molecule has 0 saturated heterocycles. The highest BCUT2D eigenvalue weighted by Crippen LogP contribution is 2.36. The lowest BCUT2D eigenvalue weighted by atomic mass is 9.83. The normalized spacial score (nSPS) is 29.5. The first-order valence-electron chi connectivity index (χ1n) is 3.72. The predicted molar refractivity (Wildman–Crippen MR) is 44.5 cm³/mol. The lowest BCUT2D eigenvalue weighted by molar-refractivity contribution is -0.115. The second-order valence-corrected chi connectivity index (χ2v) is 4.05. The molecule has 0 aromatic heterocycles. The maximum atomic E-state index is 10.5. The number of hydrogen-bond donors (Lipinski definition) is 1. The summed E-state index contributed by atoms with van der Waals surface area (Å²) in [5, 5.41) is 0. The van der Waals surface area contributed by atoms with Gasteiger partial charge in [-0.2, -0.15) is 0 Å². The highest BCUT2D eigenvalue weighted by Gasteiger charge is 2.44. The largest absolute Gasteiger partial charge is 0.385 e. The first-order chi connectivity index (χ1) is 4.90. The molecule has 1 atom stereocenters. The van der Waals surface area contributed by atoms with Crippen LogP contribution >= 0.6 is 0 Å². The average molecular weight is 154 g/mol. The number of rotatable bonds is 3. The number of carbonyl (C=O) groups is 1. The summed E-state index contributed by atoms with van der Waals surface area (Å²) in [6, 6.07) is 0. The van der Waals surface area contributed by atoms with E-state index in [1.165, 1.54) is 0 Å². The molecular formula is C8H14N2O. The van der Waals surface area contributed by atoms with Gasteiger partial charge in [0.05, 0.1) is 0 Å². The standard InChI is InChI=1S/C8H14N2O/c1-7(2,5-11)4-8(3)6(9)10-8/h5H,4H2,1-3H3,(H2,9,10). The third kappa shape index (κ3) is 1.59. The quantitative estimate of drug-likeness (QED) is 0.609. The zero-order valence-corrected chi connectivity index (χ0v) is 7.22. The van der Waals surface area contributed by atoms with Crippen molar-refractivity contribution in [2.45, 2.75) is 32.7 Å².